The van der Waals surface area contributed by atoms with Crippen LogP contribution in [0.15, 0.2) is 40.2 Å². The Morgan fingerprint density at radius 3 is 2.38 bits per heavy atom. The summed E-state index contributed by atoms with van der Waals surface area (Å²) in [5.41, 5.74) is 0. The summed E-state index contributed by atoms with van der Waals surface area (Å²) in [4.78, 5) is 12.3. The smallest absolute Gasteiger partial charge is 0.482 e. The van der Waals surface area contributed by atoms with Crippen LogP contribution in [0.3, 0.4) is 0 Å². The van der Waals surface area contributed by atoms with E-state index in [2.05, 4.69) is 20.7 Å². The molecule has 0 fully saturated rings. The summed E-state index contributed by atoms with van der Waals surface area (Å²) >= 11 is 4.44. The van der Waals surface area contributed by atoms with Crippen molar-refractivity contribution in [1.82, 2.24) is 0 Å². The molecule has 3 nitrogen and oxygen atoms in total. The zero-order valence-electron chi connectivity index (χ0n) is 10.3. The van der Waals surface area contributed by atoms with Crippen molar-refractivity contribution < 1.29 is 27.4 Å². The minimum Gasteiger partial charge on any atom is -0.482 e. The van der Waals surface area contributed by atoms with Crippen LogP contribution < -0.4 is 9.47 Å². The highest BCUT2D eigenvalue weighted by Gasteiger charge is 2.32. The van der Waals surface area contributed by atoms with E-state index in [4.69, 9.17) is 4.74 Å². The van der Waals surface area contributed by atoms with Crippen LogP contribution in [0, 0.1) is 0 Å². The number of carbonyl (C=O) groups excluding carboxylic acids is 1. The van der Waals surface area contributed by atoms with Crippen LogP contribution in [0.25, 0.3) is 0 Å². The monoisotopic (exact) mass is 380 g/mol. The van der Waals surface area contributed by atoms with Crippen molar-refractivity contribution in [3.05, 3.63) is 45.1 Å². The summed E-state index contributed by atoms with van der Waals surface area (Å²) in [7, 11) is 0. The van der Waals surface area contributed by atoms with Gasteiger partial charge >= 0.3 is 6.36 Å². The van der Waals surface area contributed by atoms with Gasteiger partial charge in [0, 0.05) is 0 Å². The van der Waals surface area contributed by atoms with E-state index in [-0.39, 0.29) is 18.1 Å². The molecule has 0 aliphatic heterocycles. The highest BCUT2D eigenvalue weighted by Crippen LogP contribution is 2.32. The van der Waals surface area contributed by atoms with Crippen molar-refractivity contribution in [3.63, 3.8) is 0 Å². The lowest BCUT2D eigenvalue weighted by Gasteiger charge is -2.13. The van der Waals surface area contributed by atoms with Gasteiger partial charge in [0.2, 0.25) is 5.78 Å². The van der Waals surface area contributed by atoms with Gasteiger partial charge in [-0.25, -0.2) is 0 Å². The number of halogens is 4. The van der Waals surface area contributed by atoms with Crippen molar-refractivity contribution in [2.75, 3.05) is 6.61 Å². The Bertz CT molecular complexity index is 640. The fourth-order valence-corrected chi connectivity index (χ4v) is 2.77. The molecule has 1 heterocycles. The number of carbonyl (C=O) groups is 1. The average Bonchev–Trinajstić information content (AvgIpc) is 2.82. The molecule has 0 aliphatic rings. The Morgan fingerprint density at radius 2 is 1.81 bits per heavy atom. The first-order valence-electron chi connectivity index (χ1n) is 5.61. The van der Waals surface area contributed by atoms with E-state index < -0.39 is 12.1 Å². The summed E-state index contributed by atoms with van der Waals surface area (Å²) in [6, 6.07) is 8.61. The van der Waals surface area contributed by atoms with Gasteiger partial charge in [0.15, 0.2) is 18.1 Å². The van der Waals surface area contributed by atoms with Gasteiger partial charge in [-0.3, -0.25) is 4.79 Å². The highest BCUT2D eigenvalue weighted by molar-refractivity contribution is 9.11. The Labute approximate surface area is 130 Å². The number of hydrogen-bond acceptors (Lipinski definition) is 4. The molecule has 0 atom stereocenters. The van der Waals surface area contributed by atoms with E-state index in [1.54, 1.807) is 12.1 Å². The number of ether oxygens (including phenoxy) is 2. The van der Waals surface area contributed by atoms with Crippen molar-refractivity contribution in [2.45, 2.75) is 6.36 Å². The molecule has 0 aliphatic carbocycles. The van der Waals surface area contributed by atoms with E-state index in [1.165, 1.54) is 29.5 Å². The molecule has 21 heavy (non-hydrogen) atoms. The first-order chi connectivity index (χ1) is 9.85. The fraction of sp³-hybridized carbons (Fsp3) is 0.154. The van der Waals surface area contributed by atoms with Crippen molar-refractivity contribution in [1.29, 1.82) is 0 Å². The van der Waals surface area contributed by atoms with Crippen molar-refractivity contribution >= 4 is 33.0 Å². The van der Waals surface area contributed by atoms with Crippen molar-refractivity contribution in [3.8, 4) is 11.5 Å². The molecule has 1 aromatic heterocycles. The lowest BCUT2D eigenvalue weighted by Crippen LogP contribution is -2.18. The summed E-state index contributed by atoms with van der Waals surface area (Å²) in [5.74, 6) is -0.948. The maximum atomic E-state index is 12.2. The maximum absolute atomic E-state index is 12.2. The number of thiophene rings is 1. The maximum Gasteiger partial charge on any atom is 0.573 e. The van der Waals surface area contributed by atoms with Crippen LogP contribution in [-0.4, -0.2) is 18.8 Å². The van der Waals surface area contributed by atoms with Gasteiger partial charge in [-0.1, -0.05) is 12.1 Å². The van der Waals surface area contributed by atoms with E-state index in [9.17, 15) is 18.0 Å². The third-order valence-electron chi connectivity index (χ3n) is 2.28. The van der Waals surface area contributed by atoms with Crippen molar-refractivity contribution in [2.24, 2.45) is 0 Å². The number of alkyl halides is 3. The molecule has 2 aromatic rings. The molecule has 0 saturated carbocycles. The molecule has 112 valence electrons. The number of rotatable bonds is 5. The largest absolute Gasteiger partial charge is 0.573 e. The lowest BCUT2D eigenvalue weighted by molar-refractivity contribution is -0.275. The van der Waals surface area contributed by atoms with E-state index >= 15 is 0 Å². The molecule has 0 bridgehead atoms. The highest BCUT2D eigenvalue weighted by atomic mass is 79.9. The zero-order chi connectivity index (χ0) is 15.5. The van der Waals surface area contributed by atoms with Gasteiger partial charge in [-0.2, -0.15) is 0 Å². The van der Waals surface area contributed by atoms with Gasteiger partial charge in [-0.05, 0) is 40.2 Å². The van der Waals surface area contributed by atoms with Crippen LogP contribution in [-0.2, 0) is 0 Å². The molecule has 2 rings (SSSR count). The number of ketones is 1. The quantitative estimate of drug-likeness (QED) is 0.707. The molecule has 8 heteroatoms. The molecule has 0 amide bonds. The molecule has 1 aromatic carbocycles. The summed E-state index contributed by atoms with van der Waals surface area (Å²) in [6.45, 7) is -0.370. The van der Waals surface area contributed by atoms with Crippen LogP contribution in [0.4, 0.5) is 13.2 Å². The van der Waals surface area contributed by atoms with Crippen LogP contribution in [0.2, 0.25) is 0 Å². The lowest BCUT2D eigenvalue weighted by atomic mass is 10.3. The topological polar surface area (TPSA) is 35.5 Å². The van der Waals surface area contributed by atoms with E-state index in [1.807, 2.05) is 0 Å². The normalized spacial score (nSPS) is 11.2. The van der Waals surface area contributed by atoms with Gasteiger partial charge < -0.3 is 9.47 Å². The number of hydrogen-bond donors (Lipinski definition) is 0. The SMILES string of the molecule is O=C(COc1ccccc1OC(F)(F)F)c1ccc(Br)s1. The summed E-state index contributed by atoms with van der Waals surface area (Å²) in [6.07, 6.45) is -4.82. The minimum absolute atomic E-state index is 0.140. The second-order valence-electron chi connectivity index (χ2n) is 3.81. The summed E-state index contributed by atoms with van der Waals surface area (Å²) < 4.78 is 46.5. The Hall–Kier alpha value is -1.54. The van der Waals surface area contributed by atoms with Crippen LogP contribution in [0.1, 0.15) is 9.67 Å². The Morgan fingerprint density at radius 1 is 1.14 bits per heavy atom. The standard InChI is InChI=1S/C13H8BrF3O3S/c14-12-6-5-11(21-12)8(18)7-19-9-3-1-2-4-10(9)20-13(15,16)17/h1-6H,7H2. The van der Waals surface area contributed by atoms with E-state index in [0.717, 1.165) is 9.85 Å². The average molecular weight is 381 g/mol. The summed E-state index contributed by atoms with van der Waals surface area (Å²) in [5, 5.41) is 0. The number of Topliss-reactive ketones (excluding diaryl/α,β-unsaturated/α-hetero) is 1. The van der Waals surface area contributed by atoms with Gasteiger partial charge in [0.1, 0.15) is 0 Å². The van der Waals surface area contributed by atoms with E-state index in [0.29, 0.717) is 4.88 Å². The first kappa shape index (κ1) is 15.8. The molecular weight excluding hydrogens is 373 g/mol. The van der Waals surface area contributed by atoms with Crippen LogP contribution in [0.5, 0.6) is 11.5 Å². The number of para-hydroxylation sites is 2. The molecule has 0 saturated heterocycles. The molecule has 0 radical (unpaired) electrons. The van der Waals surface area contributed by atoms with Gasteiger partial charge in [-0.15, -0.1) is 24.5 Å². The second kappa shape index (κ2) is 6.48. The second-order valence-corrected chi connectivity index (χ2v) is 6.27. The Balaban J connectivity index is 2.05. The number of benzene rings is 1. The predicted molar refractivity (Wildman–Crippen MR) is 75.0 cm³/mol. The Kier molecular flexibility index (Phi) is 4.89. The molecule has 0 spiro atoms. The van der Waals surface area contributed by atoms with Crippen LogP contribution >= 0.6 is 27.3 Å². The molecule has 0 N–H and O–H groups in total. The third kappa shape index (κ3) is 4.75. The predicted octanol–water partition coefficient (Wildman–Crippen LogP) is 4.67. The zero-order valence-corrected chi connectivity index (χ0v) is 12.7. The molecular formula is C13H8BrF3O3S. The van der Waals surface area contributed by atoms with Gasteiger partial charge in [0.25, 0.3) is 0 Å². The third-order valence-corrected chi connectivity index (χ3v) is 3.95. The van der Waals surface area contributed by atoms with Gasteiger partial charge in [0.05, 0.1) is 8.66 Å². The molecule has 0 unspecified atom stereocenters. The minimum atomic E-state index is -4.82. The first-order valence-corrected chi connectivity index (χ1v) is 7.22. The fourth-order valence-electron chi connectivity index (χ4n) is 1.46.